The van der Waals surface area contributed by atoms with E-state index in [2.05, 4.69) is 27.5 Å². The SMILES string of the molecule is Cc1sc(C2CCCCN2C(=O)Cn2nc(C(F)(F)F)cc2C)nc1C(=O)N[C@@H]1CCCc2ccccc21. The highest BCUT2D eigenvalue weighted by Gasteiger charge is 2.36. The van der Waals surface area contributed by atoms with Crippen molar-refractivity contribution in [3.8, 4) is 0 Å². The predicted molar refractivity (Wildman–Crippen MR) is 137 cm³/mol. The van der Waals surface area contributed by atoms with Crippen LogP contribution in [0.3, 0.4) is 0 Å². The van der Waals surface area contributed by atoms with Crippen LogP contribution >= 0.6 is 11.3 Å². The molecule has 11 heteroatoms. The number of nitrogens with one attached hydrogen (secondary N) is 1. The lowest BCUT2D eigenvalue weighted by molar-refractivity contribution is -0.142. The van der Waals surface area contributed by atoms with Gasteiger partial charge in [-0.1, -0.05) is 24.3 Å². The van der Waals surface area contributed by atoms with E-state index >= 15 is 0 Å². The van der Waals surface area contributed by atoms with Gasteiger partial charge in [0.15, 0.2) is 5.69 Å². The topological polar surface area (TPSA) is 80.1 Å². The number of fused-ring (bicyclic) bond motifs is 1. The number of amides is 2. The molecule has 1 aliphatic carbocycles. The zero-order valence-corrected chi connectivity index (χ0v) is 22.2. The molecule has 1 fully saturated rings. The monoisotopic (exact) mass is 545 g/mol. The summed E-state index contributed by atoms with van der Waals surface area (Å²) in [6.07, 6.45) is 0.682. The van der Waals surface area contributed by atoms with Crippen LogP contribution in [-0.2, 0) is 23.9 Å². The van der Waals surface area contributed by atoms with Crippen molar-refractivity contribution < 1.29 is 22.8 Å². The number of hydrogen-bond acceptors (Lipinski definition) is 5. The first-order chi connectivity index (χ1) is 18.1. The fraction of sp³-hybridized carbons (Fsp3) is 0.481. The Morgan fingerprint density at radius 3 is 2.68 bits per heavy atom. The third-order valence-corrected chi connectivity index (χ3v) is 8.44. The molecule has 1 aliphatic heterocycles. The van der Waals surface area contributed by atoms with Gasteiger partial charge in [-0.25, -0.2) is 4.98 Å². The third-order valence-electron chi connectivity index (χ3n) is 7.37. The largest absolute Gasteiger partial charge is 0.435 e. The van der Waals surface area contributed by atoms with E-state index < -0.39 is 11.9 Å². The molecular formula is C27H30F3N5O2S. The number of halogens is 3. The maximum atomic E-state index is 13.3. The smallest absolute Gasteiger partial charge is 0.344 e. The van der Waals surface area contributed by atoms with E-state index in [-0.39, 0.29) is 36.1 Å². The number of alkyl halides is 3. The van der Waals surface area contributed by atoms with Crippen LogP contribution < -0.4 is 5.32 Å². The molecule has 3 heterocycles. The van der Waals surface area contributed by atoms with Crippen molar-refractivity contribution in [2.24, 2.45) is 0 Å². The summed E-state index contributed by atoms with van der Waals surface area (Å²) in [6.45, 7) is 3.56. The number of carbonyl (C=O) groups excluding carboxylic acids is 2. The highest BCUT2D eigenvalue weighted by Crippen LogP contribution is 2.36. The fourth-order valence-corrected chi connectivity index (χ4v) is 6.48. The highest BCUT2D eigenvalue weighted by molar-refractivity contribution is 7.12. The van der Waals surface area contributed by atoms with Gasteiger partial charge in [-0.3, -0.25) is 14.3 Å². The number of aryl methyl sites for hydroxylation is 3. The number of nitrogens with zero attached hydrogens (tertiary/aromatic N) is 4. The number of rotatable bonds is 5. The standard InChI is InChI=1S/C27H30F3N5O2S/c1-16-14-22(27(28,29)30)33-35(16)15-23(36)34-13-6-5-12-21(34)26-32-24(17(2)38-26)25(37)31-20-11-7-9-18-8-3-4-10-19(18)20/h3-4,8,10,14,20-21H,5-7,9,11-13,15H2,1-2H3,(H,31,37)/t20-,21?/m1/s1. The van der Waals surface area contributed by atoms with E-state index in [1.165, 1.54) is 23.8 Å². The van der Waals surface area contributed by atoms with Crippen molar-refractivity contribution in [2.45, 2.75) is 77.2 Å². The Morgan fingerprint density at radius 2 is 1.92 bits per heavy atom. The molecule has 0 spiro atoms. The Hall–Kier alpha value is -3.21. The third kappa shape index (κ3) is 5.34. The molecular weight excluding hydrogens is 515 g/mol. The molecule has 2 aliphatic rings. The van der Waals surface area contributed by atoms with Gasteiger partial charge in [0.05, 0.1) is 12.1 Å². The number of benzene rings is 1. The van der Waals surface area contributed by atoms with Crippen molar-refractivity contribution in [3.05, 3.63) is 68.4 Å². The predicted octanol–water partition coefficient (Wildman–Crippen LogP) is 5.54. The average Bonchev–Trinajstić information content (AvgIpc) is 3.46. The molecule has 1 aromatic carbocycles. The maximum absolute atomic E-state index is 13.3. The van der Waals surface area contributed by atoms with Crippen molar-refractivity contribution in [2.75, 3.05) is 6.54 Å². The Kier molecular flexibility index (Phi) is 7.30. The van der Waals surface area contributed by atoms with Crippen LogP contribution in [0.15, 0.2) is 30.3 Å². The van der Waals surface area contributed by atoms with E-state index in [1.807, 2.05) is 19.1 Å². The molecule has 0 radical (unpaired) electrons. The second kappa shape index (κ2) is 10.5. The van der Waals surface area contributed by atoms with Gasteiger partial charge in [0.1, 0.15) is 17.2 Å². The Bertz CT molecular complexity index is 1350. The van der Waals surface area contributed by atoms with Gasteiger partial charge in [-0.05, 0) is 69.6 Å². The molecule has 7 nitrogen and oxygen atoms in total. The normalized spacial score (nSPS) is 19.8. The molecule has 1 N–H and O–H groups in total. The lowest BCUT2D eigenvalue weighted by atomic mass is 9.87. The zero-order chi connectivity index (χ0) is 27.0. The Balaban J connectivity index is 1.32. The number of aromatic nitrogens is 3. The van der Waals surface area contributed by atoms with E-state index in [0.717, 1.165) is 53.3 Å². The van der Waals surface area contributed by atoms with Crippen LogP contribution in [0.1, 0.15) is 87.1 Å². The summed E-state index contributed by atoms with van der Waals surface area (Å²) in [6, 6.07) is 8.71. The fourth-order valence-electron chi connectivity index (χ4n) is 5.42. The van der Waals surface area contributed by atoms with Gasteiger partial charge >= 0.3 is 6.18 Å². The van der Waals surface area contributed by atoms with E-state index in [9.17, 15) is 22.8 Å². The number of hydrogen-bond donors (Lipinski definition) is 1. The van der Waals surface area contributed by atoms with Crippen LogP contribution in [0.5, 0.6) is 0 Å². The van der Waals surface area contributed by atoms with Crippen LogP contribution in [-0.4, -0.2) is 38.0 Å². The molecule has 5 rings (SSSR count). The lowest BCUT2D eigenvalue weighted by Crippen LogP contribution is -2.40. The first-order valence-corrected chi connectivity index (χ1v) is 13.7. The number of piperidine rings is 1. The molecule has 0 saturated carbocycles. The van der Waals surface area contributed by atoms with Crippen molar-refractivity contribution in [3.63, 3.8) is 0 Å². The van der Waals surface area contributed by atoms with Crippen molar-refractivity contribution in [1.82, 2.24) is 25.0 Å². The Labute approximate surface area is 223 Å². The zero-order valence-electron chi connectivity index (χ0n) is 21.3. The number of thiazole rings is 1. The van der Waals surface area contributed by atoms with Gasteiger partial charge in [0.25, 0.3) is 5.91 Å². The summed E-state index contributed by atoms with van der Waals surface area (Å²) < 4.78 is 40.3. The molecule has 1 saturated heterocycles. The molecule has 3 aromatic rings. The van der Waals surface area contributed by atoms with Gasteiger partial charge in [0, 0.05) is 17.1 Å². The van der Waals surface area contributed by atoms with Crippen LogP contribution in [0.25, 0.3) is 0 Å². The number of carbonyl (C=O) groups is 2. The first-order valence-electron chi connectivity index (χ1n) is 12.9. The summed E-state index contributed by atoms with van der Waals surface area (Å²) in [7, 11) is 0. The summed E-state index contributed by atoms with van der Waals surface area (Å²) in [5.74, 6) is -0.542. The van der Waals surface area contributed by atoms with Gasteiger partial charge < -0.3 is 10.2 Å². The van der Waals surface area contributed by atoms with Crippen LogP contribution in [0, 0.1) is 13.8 Å². The molecule has 2 amide bonds. The van der Waals surface area contributed by atoms with Crippen LogP contribution in [0.4, 0.5) is 13.2 Å². The molecule has 1 unspecified atom stereocenters. The van der Waals surface area contributed by atoms with Gasteiger partial charge in [-0.15, -0.1) is 11.3 Å². The molecule has 0 bridgehead atoms. The summed E-state index contributed by atoms with van der Waals surface area (Å²) in [4.78, 5) is 33.7. The quantitative estimate of drug-likeness (QED) is 0.457. The van der Waals surface area contributed by atoms with Crippen LogP contribution in [0.2, 0.25) is 0 Å². The van der Waals surface area contributed by atoms with Crippen molar-refractivity contribution >= 4 is 23.2 Å². The average molecular weight is 546 g/mol. The summed E-state index contributed by atoms with van der Waals surface area (Å²) >= 11 is 1.40. The van der Waals surface area contributed by atoms with Crippen molar-refractivity contribution in [1.29, 1.82) is 0 Å². The first kappa shape index (κ1) is 26.4. The maximum Gasteiger partial charge on any atom is 0.435 e. The summed E-state index contributed by atoms with van der Waals surface area (Å²) in [5.41, 5.74) is 2.03. The molecule has 2 atom stereocenters. The minimum atomic E-state index is -4.57. The van der Waals surface area contributed by atoms with E-state index in [1.54, 1.807) is 4.90 Å². The summed E-state index contributed by atoms with van der Waals surface area (Å²) in [5, 5.41) is 7.44. The molecule has 38 heavy (non-hydrogen) atoms. The minimum absolute atomic E-state index is 0.0661. The minimum Gasteiger partial charge on any atom is -0.344 e. The van der Waals surface area contributed by atoms with E-state index in [4.69, 9.17) is 0 Å². The van der Waals surface area contributed by atoms with Gasteiger partial charge in [-0.2, -0.15) is 18.3 Å². The molecule has 202 valence electrons. The van der Waals surface area contributed by atoms with Gasteiger partial charge in [0.2, 0.25) is 5.91 Å². The Morgan fingerprint density at radius 1 is 1.13 bits per heavy atom. The van der Waals surface area contributed by atoms with E-state index in [0.29, 0.717) is 23.7 Å². The number of likely N-dealkylation sites (tertiary alicyclic amines) is 1. The highest BCUT2D eigenvalue weighted by atomic mass is 32.1. The second-order valence-electron chi connectivity index (χ2n) is 10.00. The molecule has 2 aromatic heterocycles. The lowest BCUT2D eigenvalue weighted by Gasteiger charge is -2.34. The second-order valence-corrected chi connectivity index (χ2v) is 11.2.